The molecule has 0 radical (unpaired) electrons. The molecule has 4 heteroatoms. The Labute approximate surface area is 106 Å². The molecule has 4 nitrogen and oxygen atoms in total. The van der Waals surface area contributed by atoms with Crippen LogP contribution in [0.4, 0.5) is 0 Å². The van der Waals surface area contributed by atoms with Gasteiger partial charge in [0, 0.05) is 11.1 Å². The molecule has 18 heavy (non-hydrogen) atoms. The van der Waals surface area contributed by atoms with E-state index in [9.17, 15) is 9.90 Å². The van der Waals surface area contributed by atoms with Crippen molar-refractivity contribution in [1.29, 1.82) is 0 Å². The summed E-state index contributed by atoms with van der Waals surface area (Å²) in [5, 5.41) is 12.6. The maximum absolute atomic E-state index is 12.2. The van der Waals surface area contributed by atoms with Gasteiger partial charge < -0.3 is 15.2 Å². The highest BCUT2D eigenvalue weighted by Gasteiger charge is 2.41. The molecule has 1 aromatic rings. The van der Waals surface area contributed by atoms with Crippen LogP contribution >= 0.6 is 0 Å². The number of nitrogens with one attached hydrogen (secondary N) is 1. The molecule has 2 aliphatic rings. The number of hydrogen-bond donors (Lipinski definition) is 2. The monoisotopic (exact) mass is 247 g/mol. The van der Waals surface area contributed by atoms with Gasteiger partial charge in [0.15, 0.2) is 0 Å². The molecule has 0 saturated carbocycles. The number of rotatable bonds is 2. The number of carbonyl (C=O) groups excluding carboxylic acids is 1. The van der Waals surface area contributed by atoms with Gasteiger partial charge in [0.05, 0.1) is 18.2 Å². The van der Waals surface area contributed by atoms with E-state index >= 15 is 0 Å². The Hall–Kier alpha value is -1.55. The van der Waals surface area contributed by atoms with Crippen LogP contribution in [0.5, 0.6) is 5.75 Å². The zero-order valence-corrected chi connectivity index (χ0v) is 10.3. The number of phenols is 1. The average Bonchev–Trinajstić information content (AvgIpc) is 2.94. The van der Waals surface area contributed by atoms with Crippen molar-refractivity contribution < 1.29 is 14.6 Å². The van der Waals surface area contributed by atoms with E-state index in [1.165, 1.54) is 0 Å². The fourth-order valence-electron chi connectivity index (χ4n) is 2.91. The van der Waals surface area contributed by atoms with Crippen LogP contribution in [-0.4, -0.2) is 29.3 Å². The topological polar surface area (TPSA) is 58.6 Å². The second-order valence-corrected chi connectivity index (χ2v) is 5.14. The Kier molecular flexibility index (Phi) is 2.74. The Morgan fingerprint density at radius 3 is 2.94 bits per heavy atom. The van der Waals surface area contributed by atoms with Crippen molar-refractivity contribution in [3.05, 3.63) is 29.3 Å². The molecule has 0 aromatic heterocycles. The van der Waals surface area contributed by atoms with Gasteiger partial charge in [-0.05, 0) is 38.3 Å². The van der Waals surface area contributed by atoms with Crippen LogP contribution in [0.25, 0.3) is 0 Å². The van der Waals surface area contributed by atoms with Crippen molar-refractivity contribution >= 4 is 5.91 Å². The highest BCUT2D eigenvalue weighted by atomic mass is 16.5. The molecule has 0 aliphatic carbocycles. The van der Waals surface area contributed by atoms with E-state index < -0.39 is 0 Å². The SMILES string of the molecule is Cc1c(O)cccc1C(=O)NC1CC2CCC1O2. The maximum Gasteiger partial charge on any atom is 0.251 e. The fraction of sp³-hybridized carbons (Fsp3) is 0.500. The van der Waals surface area contributed by atoms with Crippen molar-refractivity contribution in [1.82, 2.24) is 5.32 Å². The second-order valence-electron chi connectivity index (χ2n) is 5.14. The molecule has 3 rings (SSSR count). The Morgan fingerprint density at radius 1 is 1.44 bits per heavy atom. The van der Waals surface area contributed by atoms with Crippen molar-refractivity contribution in [3.63, 3.8) is 0 Å². The van der Waals surface area contributed by atoms with E-state index in [1.807, 2.05) is 0 Å². The normalized spacial score (nSPS) is 29.5. The van der Waals surface area contributed by atoms with Gasteiger partial charge in [0.25, 0.3) is 5.91 Å². The molecule has 2 heterocycles. The lowest BCUT2D eigenvalue weighted by Crippen LogP contribution is -2.41. The van der Waals surface area contributed by atoms with Gasteiger partial charge in [-0.1, -0.05) is 6.07 Å². The minimum absolute atomic E-state index is 0.121. The number of benzene rings is 1. The summed E-state index contributed by atoms with van der Waals surface area (Å²) in [5.41, 5.74) is 1.16. The van der Waals surface area contributed by atoms with E-state index in [4.69, 9.17) is 4.74 Å². The van der Waals surface area contributed by atoms with Gasteiger partial charge in [-0.2, -0.15) is 0 Å². The number of aromatic hydroxyl groups is 1. The molecule has 1 aromatic carbocycles. The molecule has 1 amide bonds. The number of ether oxygens (including phenoxy) is 1. The summed E-state index contributed by atoms with van der Waals surface area (Å²) in [6, 6.07) is 5.14. The van der Waals surface area contributed by atoms with E-state index in [0.29, 0.717) is 17.2 Å². The molecular formula is C14H17NO3. The maximum atomic E-state index is 12.2. The number of fused-ring (bicyclic) bond motifs is 2. The molecule has 3 atom stereocenters. The third kappa shape index (κ3) is 1.86. The van der Waals surface area contributed by atoms with Gasteiger partial charge in [-0.15, -0.1) is 0 Å². The third-order valence-electron chi connectivity index (χ3n) is 3.97. The van der Waals surface area contributed by atoms with E-state index in [-0.39, 0.29) is 23.8 Å². The minimum atomic E-state index is -0.121. The van der Waals surface area contributed by atoms with Crippen molar-refractivity contribution in [2.75, 3.05) is 0 Å². The Bertz CT molecular complexity index is 486. The number of hydrogen-bond acceptors (Lipinski definition) is 3. The summed E-state index contributed by atoms with van der Waals surface area (Å²) >= 11 is 0. The summed E-state index contributed by atoms with van der Waals surface area (Å²) in [7, 11) is 0. The van der Waals surface area contributed by atoms with Gasteiger partial charge in [-0.3, -0.25) is 4.79 Å². The van der Waals surface area contributed by atoms with E-state index in [2.05, 4.69) is 5.32 Å². The van der Waals surface area contributed by atoms with Crippen LogP contribution in [0, 0.1) is 6.92 Å². The molecule has 2 aliphatic heterocycles. The van der Waals surface area contributed by atoms with Crippen LogP contribution in [0.3, 0.4) is 0 Å². The minimum Gasteiger partial charge on any atom is -0.508 e. The summed E-state index contributed by atoms with van der Waals surface area (Å²) in [6.45, 7) is 1.75. The Balaban J connectivity index is 1.73. The predicted octanol–water partition coefficient (Wildman–Crippen LogP) is 1.75. The quantitative estimate of drug-likeness (QED) is 0.837. The molecule has 2 fully saturated rings. The predicted molar refractivity (Wildman–Crippen MR) is 66.6 cm³/mol. The first-order chi connectivity index (χ1) is 8.65. The van der Waals surface area contributed by atoms with Gasteiger partial charge in [-0.25, -0.2) is 0 Å². The first kappa shape index (κ1) is 11.5. The van der Waals surface area contributed by atoms with Crippen molar-refractivity contribution in [2.24, 2.45) is 0 Å². The lowest BCUT2D eigenvalue weighted by Gasteiger charge is -2.20. The third-order valence-corrected chi connectivity index (χ3v) is 3.97. The molecule has 3 unspecified atom stereocenters. The highest BCUT2D eigenvalue weighted by molar-refractivity contribution is 5.96. The van der Waals surface area contributed by atoms with Gasteiger partial charge in [0.2, 0.25) is 0 Å². The summed E-state index contributed by atoms with van der Waals surface area (Å²) < 4.78 is 5.71. The molecule has 2 bridgehead atoms. The largest absolute Gasteiger partial charge is 0.508 e. The van der Waals surface area contributed by atoms with Crippen molar-refractivity contribution in [3.8, 4) is 5.75 Å². The van der Waals surface area contributed by atoms with E-state index in [0.717, 1.165) is 19.3 Å². The van der Waals surface area contributed by atoms with Crippen LogP contribution in [0.2, 0.25) is 0 Å². The van der Waals surface area contributed by atoms with Crippen LogP contribution in [0.1, 0.15) is 35.2 Å². The summed E-state index contributed by atoms with van der Waals surface area (Å²) in [6.07, 6.45) is 3.56. The summed E-state index contributed by atoms with van der Waals surface area (Å²) in [4.78, 5) is 12.2. The van der Waals surface area contributed by atoms with Gasteiger partial charge in [0.1, 0.15) is 5.75 Å². The lowest BCUT2D eigenvalue weighted by molar-refractivity contribution is 0.0840. The molecule has 2 N–H and O–H groups in total. The number of amides is 1. The van der Waals surface area contributed by atoms with Gasteiger partial charge >= 0.3 is 0 Å². The standard InChI is InChI=1S/C14H17NO3/c1-8-10(3-2-4-12(8)16)14(17)15-11-7-9-5-6-13(11)18-9/h2-4,9,11,13,16H,5-7H2,1H3,(H,15,17). The second kappa shape index (κ2) is 4.28. The Morgan fingerprint density at radius 2 is 2.28 bits per heavy atom. The molecular weight excluding hydrogens is 230 g/mol. The first-order valence-corrected chi connectivity index (χ1v) is 6.40. The zero-order chi connectivity index (χ0) is 12.7. The molecule has 2 saturated heterocycles. The fourth-order valence-corrected chi connectivity index (χ4v) is 2.91. The number of carbonyl (C=O) groups is 1. The zero-order valence-electron chi connectivity index (χ0n) is 10.3. The number of phenolic OH excluding ortho intramolecular Hbond substituents is 1. The first-order valence-electron chi connectivity index (χ1n) is 6.40. The average molecular weight is 247 g/mol. The molecule has 96 valence electrons. The van der Waals surface area contributed by atoms with Crippen LogP contribution in [0.15, 0.2) is 18.2 Å². The molecule has 0 spiro atoms. The van der Waals surface area contributed by atoms with Crippen LogP contribution in [-0.2, 0) is 4.74 Å². The lowest BCUT2D eigenvalue weighted by atomic mass is 9.95. The van der Waals surface area contributed by atoms with Crippen LogP contribution < -0.4 is 5.32 Å². The van der Waals surface area contributed by atoms with Crippen molar-refractivity contribution in [2.45, 2.75) is 44.4 Å². The van der Waals surface area contributed by atoms with E-state index in [1.54, 1.807) is 25.1 Å². The summed E-state index contributed by atoms with van der Waals surface area (Å²) in [5.74, 6) is 0.0383. The smallest absolute Gasteiger partial charge is 0.251 e. The highest BCUT2D eigenvalue weighted by Crippen LogP contribution is 2.34.